The van der Waals surface area contributed by atoms with Crippen molar-refractivity contribution in [1.82, 2.24) is 9.88 Å². The van der Waals surface area contributed by atoms with Crippen LogP contribution in [0.2, 0.25) is 0 Å². The van der Waals surface area contributed by atoms with Crippen molar-refractivity contribution < 1.29 is 9.90 Å². The third-order valence-electron chi connectivity index (χ3n) is 3.58. The van der Waals surface area contributed by atoms with Crippen molar-refractivity contribution in [3.8, 4) is 0 Å². The molecule has 116 valence electrons. The fraction of sp³-hybridized carbons (Fsp3) is 0.600. The van der Waals surface area contributed by atoms with Gasteiger partial charge in [0.2, 0.25) is 0 Å². The highest BCUT2D eigenvalue weighted by Crippen LogP contribution is 2.29. The Balaban J connectivity index is 2.35. The highest BCUT2D eigenvalue weighted by atomic mass is 16.3. The Morgan fingerprint density at radius 2 is 2.14 bits per heavy atom. The number of hydrogen-bond donors (Lipinski definition) is 3. The Kier molecular flexibility index (Phi) is 4.49. The number of aromatic nitrogens is 1. The lowest BCUT2D eigenvalue weighted by Crippen LogP contribution is -2.36. The number of carbonyl (C=O) groups excluding carboxylic acids is 1. The molecule has 1 fully saturated rings. The molecule has 21 heavy (non-hydrogen) atoms. The molecule has 0 spiro atoms. The van der Waals surface area contributed by atoms with Gasteiger partial charge in [0.05, 0.1) is 6.61 Å². The summed E-state index contributed by atoms with van der Waals surface area (Å²) in [6, 6.07) is 3.73. The fourth-order valence-electron chi connectivity index (χ4n) is 2.22. The van der Waals surface area contributed by atoms with Gasteiger partial charge < -0.3 is 15.4 Å². The molecule has 1 aliphatic rings. The van der Waals surface area contributed by atoms with Gasteiger partial charge in [0.1, 0.15) is 5.82 Å². The van der Waals surface area contributed by atoms with Gasteiger partial charge in [-0.3, -0.25) is 4.79 Å². The van der Waals surface area contributed by atoms with Gasteiger partial charge >= 0.3 is 0 Å². The Morgan fingerprint density at radius 1 is 1.48 bits per heavy atom. The first-order chi connectivity index (χ1) is 9.86. The van der Waals surface area contributed by atoms with Gasteiger partial charge in [0.25, 0.3) is 5.91 Å². The number of amides is 1. The van der Waals surface area contributed by atoms with E-state index in [1.54, 1.807) is 11.0 Å². The molecule has 1 aromatic rings. The monoisotopic (exact) mass is 292 g/mol. The van der Waals surface area contributed by atoms with Crippen LogP contribution in [0.15, 0.2) is 12.1 Å². The van der Waals surface area contributed by atoms with Crippen LogP contribution in [0.1, 0.15) is 49.7 Å². The maximum Gasteiger partial charge on any atom is 0.254 e. The SMILES string of the molecule is CC(C)(C)c1cc(C(=O)N(CCO)C2CC2)cc(NN)n1. The summed E-state index contributed by atoms with van der Waals surface area (Å²) in [5.74, 6) is 5.86. The van der Waals surface area contributed by atoms with Crippen LogP contribution >= 0.6 is 0 Å². The van der Waals surface area contributed by atoms with Gasteiger partial charge in [-0.15, -0.1) is 0 Å². The van der Waals surface area contributed by atoms with Crippen LogP contribution in [0.25, 0.3) is 0 Å². The lowest BCUT2D eigenvalue weighted by Gasteiger charge is -2.24. The van der Waals surface area contributed by atoms with Crippen LogP contribution in [0, 0.1) is 0 Å². The van der Waals surface area contributed by atoms with Crippen LogP contribution in [0.5, 0.6) is 0 Å². The minimum Gasteiger partial charge on any atom is -0.395 e. The van der Waals surface area contributed by atoms with Crippen molar-refractivity contribution in [2.45, 2.75) is 45.1 Å². The zero-order valence-corrected chi connectivity index (χ0v) is 12.9. The third-order valence-corrected chi connectivity index (χ3v) is 3.58. The summed E-state index contributed by atoms with van der Waals surface area (Å²) in [7, 11) is 0. The summed E-state index contributed by atoms with van der Waals surface area (Å²) in [6.07, 6.45) is 2.01. The van der Waals surface area contributed by atoms with Crippen molar-refractivity contribution in [3.05, 3.63) is 23.4 Å². The summed E-state index contributed by atoms with van der Waals surface area (Å²) < 4.78 is 0. The van der Waals surface area contributed by atoms with E-state index in [4.69, 9.17) is 10.9 Å². The molecule has 0 bridgehead atoms. The molecule has 6 heteroatoms. The number of aliphatic hydroxyl groups excluding tert-OH is 1. The second-order valence-electron chi connectivity index (χ2n) is 6.47. The van der Waals surface area contributed by atoms with Crippen molar-refractivity contribution in [2.75, 3.05) is 18.6 Å². The van der Waals surface area contributed by atoms with E-state index in [-0.39, 0.29) is 24.0 Å². The largest absolute Gasteiger partial charge is 0.395 e. The van der Waals surface area contributed by atoms with Crippen LogP contribution in [-0.2, 0) is 5.41 Å². The van der Waals surface area contributed by atoms with Gasteiger partial charge in [-0.05, 0) is 25.0 Å². The average molecular weight is 292 g/mol. The number of carbonyl (C=O) groups is 1. The number of nitrogens with two attached hydrogens (primary N) is 1. The van der Waals surface area contributed by atoms with E-state index in [0.717, 1.165) is 18.5 Å². The van der Waals surface area contributed by atoms with Crippen molar-refractivity contribution in [2.24, 2.45) is 5.84 Å². The molecular weight excluding hydrogens is 268 g/mol. The van der Waals surface area contributed by atoms with Crippen molar-refractivity contribution in [3.63, 3.8) is 0 Å². The number of nitrogens with zero attached hydrogens (tertiary/aromatic N) is 2. The summed E-state index contributed by atoms with van der Waals surface area (Å²) in [5.41, 5.74) is 3.71. The predicted octanol–water partition coefficient (Wildman–Crippen LogP) is 1.26. The Hall–Kier alpha value is -1.66. The van der Waals surface area contributed by atoms with E-state index in [2.05, 4.69) is 10.4 Å². The highest BCUT2D eigenvalue weighted by molar-refractivity contribution is 5.95. The molecule has 0 atom stereocenters. The maximum absolute atomic E-state index is 12.7. The molecule has 1 amide bonds. The molecule has 0 saturated heterocycles. The first kappa shape index (κ1) is 15.7. The molecule has 4 N–H and O–H groups in total. The molecule has 0 aromatic carbocycles. The lowest BCUT2D eigenvalue weighted by atomic mass is 9.90. The Morgan fingerprint density at radius 3 is 2.62 bits per heavy atom. The van der Waals surface area contributed by atoms with E-state index in [0.29, 0.717) is 17.9 Å². The van der Waals surface area contributed by atoms with E-state index < -0.39 is 0 Å². The van der Waals surface area contributed by atoms with Gasteiger partial charge in [0, 0.05) is 29.3 Å². The normalized spacial score (nSPS) is 14.9. The number of hydrazine groups is 1. The van der Waals surface area contributed by atoms with Gasteiger partial charge in [-0.25, -0.2) is 10.8 Å². The summed E-state index contributed by atoms with van der Waals surface area (Å²) >= 11 is 0. The second kappa shape index (κ2) is 5.99. The summed E-state index contributed by atoms with van der Waals surface area (Å²) in [4.78, 5) is 18.8. The molecule has 1 aromatic heterocycles. The molecule has 2 rings (SSSR count). The predicted molar refractivity (Wildman–Crippen MR) is 81.9 cm³/mol. The average Bonchev–Trinajstić information content (AvgIpc) is 3.27. The Bertz CT molecular complexity index is 521. The zero-order chi connectivity index (χ0) is 15.6. The van der Waals surface area contributed by atoms with E-state index in [1.165, 1.54) is 0 Å². The quantitative estimate of drug-likeness (QED) is 0.561. The minimum absolute atomic E-state index is 0.0263. The van der Waals surface area contributed by atoms with Crippen LogP contribution in [-0.4, -0.2) is 40.1 Å². The van der Waals surface area contributed by atoms with E-state index in [9.17, 15) is 4.79 Å². The number of nitrogens with one attached hydrogen (secondary N) is 1. The molecule has 1 saturated carbocycles. The number of anilines is 1. The van der Waals surface area contributed by atoms with E-state index >= 15 is 0 Å². The van der Waals surface area contributed by atoms with E-state index in [1.807, 2.05) is 26.8 Å². The lowest BCUT2D eigenvalue weighted by molar-refractivity contribution is 0.0707. The minimum atomic E-state index is -0.177. The maximum atomic E-state index is 12.7. The van der Waals surface area contributed by atoms with Crippen molar-refractivity contribution >= 4 is 11.7 Å². The molecule has 0 aliphatic heterocycles. The number of rotatable bonds is 5. The first-order valence-electron chi connectivity index (χ1n) is 7.28. The fourth-order valence-corrected chi connectivity index (χ4v) is 2.22. The molecule has 1 heterocycles. The van der Waals surface area contributed by atoms with Gasteiger partial charge in [0.15, 0.2) is 0 Å². The van der Waals surface area contributed by atoms with Crippen LogP contribution < -0.4 is 11.3 Å². The zero-order valence-electron chi connectivity index (χ0n) is 12.9. The molecule has 0 unspecified atom stereocenters. The van der Waals surface area contributed by atoms with Crippen LogP contribution in [0.3, 0.4) is 0 Å². The summed E-state index contributed by atoms with van der Waals surface area (Å²) in [6.45, 7) is 6.45. The number of nitrogen functional groups attached to an aromatic ring is 1. The highest BCUT2D eigenvalue weighted by Gasteiger charge is 2.33. The number of aliphatic hydroxyl groups is 1. The molecule has 1 aliphatic carbocycles. The number of hydrogen-bond acceptors (Lipinski definition) is 5. The smallest absolute Gasteiger partial charge is 0.254 e. The molecular formula is C15H24N4O2. The topological polar surface area (TPSA) is 91.5 Å². The standard InChI is InChI=1S/C15H24N4O2/c1-15(2,3)12-8-10(9-13(17-12)18-16)14(21)19(6-7-20)11-4-5-11/h8-9,11,20H,4-7,16H2,1-3H3,(H,17,18). The van der Waals surface area contributed by atoms with Crippen molar-refractivity contribution in [1.29, 1.82) is 0 Å². The Labute approximate surface area is 125 Å². The first-order valence-corrected chi connectivity index (χ1v) is 7.28. The van der Waals surface area contributed by atoms with Gasteiger partial charge in [-0.1, -0.05) is 20.8 Å². The number of pyridine rings is 1. The van der Waals surface area contributed by atoms with Gasteiger partial charge in [-0.2, -0.15) is 0 Å². The third kappa shape index (κ3) is 3.71. The van der Waals surface area contributed by atoms with Crippen LogP contribution in [0.4, 0.5) is 5.82 Å². The molecule has 0 radical (unpaired) electrons. The summed E-state index contributed by atoms with van der Waals surface area (Å²) in [5, 5.41) is 9.16. The second-order valence-corrected chi connectivity index (χ2v) is 6.47. The molecule has 6 nitrogen and oxygen atoms in total.